The van der Waals surface area contributed by atoms with Gasteiger partial charge in [0.05, 0.1) is 25.0 Å². The Morgan fingerprint density at radius 1 is 1.05 bits per heavy atom. The molecular formula is C17H17N3O. The minimum Gasteiger partial charge on any atom is -0.392 e. The summed E-state index contributed by atoms with van der Waals surface area (Å²) in [6, 6.07) is 17.8. The Labute approximate surface area is 123 Å². The standard InChI is InChI=1S/C17H17N3O/c21-12-13-5-4-8-15(9-13)18-10-16-11-19-17(20-16)14-6-2-1-3-7-14/h1-9,11,18,21H,10,12H2,(H,19,20). The molecule has 106 valence electrons. The zero-order valence-corrected chi connectivity index (χ0v) is 11.6. The number of rotatable bonds is 5. The van der Waals surface area contributed by atoms with E-state index in [2.05, 4.69) is 15.3 Å². The van der Waals surface area contributed by atoms with E-state index in [1.54, 1.807) is 0 Å². The number of benzene rings is 2. The number of anilines is 1. The van der Waals surface area contributed by atoms with Gasteiger partial charge in [-0.3, -0.25) is 0 Å². The predicted octanol–water partition coefficient (Wildman–Crippen LogP) is 3.18. The van der Waals surface area contributed by atoms with Crippen molar-refractivity contribution in [3.63, 3.8) is 0 Å². The summed E-state index contributed by atoms with van der Waals surface area (Å²) in [6.07, 6.45) is 1.84. The number of hydrogen-bond acceptors (Lipinski definition) is 3. The zero-order valence-electron chi connectivity index (χ0n) is 11.6. The molecule has 0 amide bonds. The minimum atomic E-state index is 0.0533. The molecule has 21 heavy (non-hydrogen) atoms. The number of nitrogens with one attached hydrogen (secondary N) is 2. The number of aliphatic hydroxyl groups excluding tert-OH is 1. The van der Waals surface area contributed by atoms with Gasteiger partial charge in [-0.1, -0.05) is 42.5 Å². The average Bonchev–Trinajstić information content (AvgIpc) is 3.03. The first kappa shape index (κ1) is 13.4. The van der Waals surface area contributed by atoms with Gasteiger partial charge in [0.1, 0.15) is 5.82 Å². The maximum absolute atomic E-state index is 9.13. The molecule has 0 spiro atoms. The van der Waals surface area contributed by atoms with Crippen molar-refractivity contribution in [2.75, 3.05) is 5.32 Å². The van der Waals surface area contributed by atoms with Crippen LogP contribution in [0.3, 0.4) is 0 Å². The summed E-state index contributed by atoms with van der Waals surface area (Å²) in [5, 5.41) is 12.5. The monoisotopic (exact) mass is 279 g/mol. The lowest BCUT2D eigenvalue weighted by molar-refractivity contribution is 0.282. The number of H-pyrrole nitrogens is 1. The van der Waals surface area contributed by atoms with Crippen molar-refractivity contribution in [2.24, 2.45) is 0 Å². The van der Waals surface area contributed by atoms with Gasteiger partial charge in [-0.2, -0.15) is 0 Å². The summed E-state index contributed by atoms with van der Waals surface area (Å²) >= 11 is 0. The van der Waals surface area contributed by atoms with E-state index in [1.165, 1.54) is 0 Å². The number of hydrogen-bond donors (Lipinski definition) is 3. The molecular weight excluding hydrogens is 262 g/mol. The van der Waals surface area contributed by atoms with Crippen LogP contribution >= 0.6 is 0 Å². The minimum absolute atomic E-state index is 0.0533. The van der Waals surface area contributed by atoms with Crippen molar-refractivity contribution in [3.8, 4) is 11.4 Å². The van der Waals surface area contributed by atoms with Crippen LogP contribution in [0, 0.1) is 0 Å². The molecule has 1 heterocycles. The fourth-order valence-corrected chi connectivity index (χ4v) is 2.17. The van der Waals surface area contributed by atoms with E-state index in [-0.39, 0.29) is 6.61 Å². The first-order chi connectivity index (χ1) is 10.3. The molecule has 0 saturated heterocycles. The smallest absolute Gasteiger partial charge is 0.137 e. The van der Waals surface area contributed by atoms with Crippen molar-refractivity contribution in [1.82, 2.24) is 9.97 Å². The highest BCUT2D eigenvalue weighted by atomic mass is 16.3. The van der Waals surface area contributed by atoms with Gasteiger partial charge < -0.3 is 15.4 Å². The first-order valence-corrected chi connectivity index (χ1v) is 6.88. The lowest BCUT2D eigenvalue weighted by atomic mass is 10.2. The molecule has 0 fully saturated rings. The van der Waals surface area contributed by atoms with Crippen LogP contribution in [0.5, 0.6) is 0 Å². The van der Waals surface area contributed by atoms with E-state index in [1.807, 2.05) is 60.8 Å². The summed E-state index contributed by atoms with van der Waals surface area (Å²) < 4.78 is 0. The van der Waals surface area contributed by atoms with Crippen molar-refractivity contribution < 1.29 is 5.11 Å². The molecule has 0 atom stereocenters. The van der Waals surface area contributed by atoms with E-state index >= 15 is 0 Å². The second-order valence-corrected chi connectivity index (χ2v) is 4.84. The molecule has 0 unspecified atom stereocenters. The Morgan fingerprint density at radius 2 is 1.90 bits per heavy atom. The van der Waals surface area contributed by atoms with Crippen molar-refractivity contribution >= 4 is 5.69 Å². The molecule has 0 aliphatic carbocycles. The SMILES string of the molecule is OCc1cccc(NCc2cnc(-c3ccccc3)[nH]2)c1. The average molecular weight is 279 g/mol. The maximum Gasteiger partial charge on any atom is 0.137 e. The second-order valence-electron chi connectivity index (χ2n) is 4.84. The summed E-state index contributed by atoms with van der Waals surface area (Å²) in [5.41, 5.74) is 3.97. The molecule has 0 aliphatic rings. The van der Waals surface area contributed by atoms with Gasteiger partial charge >= 0.3 is 0 Å². The quantitative estimate of drug-likeness (QED) is 0.672. The molecule has 0 radical (unpaired) electrons. The summed E-state index contributed by atoms with van der Waals surface area (Å²) in [6.45, 7) is 0.715. The highest BCUT2D eigenvalue weighted by molar-refractivity contribution is 5.55. The topological polar surface area (TPSA) is 60.9 Å². The number of nitrogens with zero attached hydrogens (tertiary/aromatic N) is 1. The van der Waals surface area contributed by atoms with Gasteiger partial charge in [0, 0.05) is 11.3 Å². The van der Waals surface area contributed by atoms with E-state index in [0.717, 1.165) is 28.3 Å². The van der Waals surface area contributed by atoms with Gasteiger partial charge in [-0.15, -0.1) is 0 Å². The summed E-state index contributed by atoms with van der Waals surface area (Å²) in [5.74, 6) is 0.872. The van der Waals surface area contributed by atoms with Crippen molar-refractivity contribution in [2.45, 2.75) is 13.2 Å². The highest BCUT2D eigenvalue weighted by Crippen LogP contribution is 2.16. The van der Waals surface area contributed by atoms with E-state index in [0.29, 0.717) is 6.54 Å². The lowest BCUT2D eigenvalue weighted by Gasteiger charge is -2.06. The third-order valence-corrected chi connectivity index (χ3v) is 3.27. The van der Waals surface area contributed by atoms with Gasteiger partial charge in [0.25, 0.3) is 0 Å². The number of imidazole rings is 1. The van der Waals surface area contributed by atoms with E-state index < -0.39 is 0 Å². The van der Waals surface area contributed by atoms with Crippen LogP contribution in [0.2, 0.25) is 0 Å². The Morgan fingerprint density at radius 3 is 2.71 bits per heavy atom. The van der Waals surface area contributed by atoms with Crippen LogP contribution in [0.4, 0.5) is 5.69 Å². The van der Waals surface area contributed by atoms with Gasteiger partial charge in [-0.05, 0) is 17.7 Å². The molecule has 3 N–H and O–H groups in total. The largest absolute Gasteiger partial charge is 0.392 e. The molecule has 2 aromatic carbocycles. The Bertz CT molecular complexity index is 707. The Kier molecular flexibility index (Phi) is 3.98. The number of aliphatic hydroxyl groups is 1. The fourth-order valence-electron chi connectivity index (χ4n) is 2.17. The van der Waals surface area contributed by atoms with Gasteiger partial charge in [0.2, 0.25) is 0 Å². The lowest BCUT2D eigenvalue weighted by Crippen LogP contribution is -2.00. The fraction of sp³-hybridized carbons (Fsp3) is 0.118. The van der Waals surface area contributed by atoms with Crippen LogP contribution in [-0.4, -0.2) is 15.1 Å². The predicted molar refractivity (Wildman–Crippen MR) is 83.7 cm³/mol. The third-order valence-electron chi connectivity index (χ3n) is 3.27. The molecule has 0 bridgehead atoms. The normalized spacial score (nSPS) is 10.5. The molecule has 4 heteroatoms. The van der Waals surface area contributed by atoms with Crippen molar-refractivity contribution in [3.05, 3.63) is 72.1 Å². The van der Waals surface area contributed by atoms with Crippen LogP contribution in [-0.2, 0) is 13.2 Å². The molecule has 3 rings (SSSR count). The molecule has 1 aromatic heterocycles. The summed E-state index contributed by atoms with van der Waals surface area (Å²) in [7, 11) is 0. The third kappa shape index (κ3) is 3.30. The first-order valence-electron chi connectivity index (χ1n) is 6.88. The van der Waals surface area contributed by atoms with Crippen molar-refractivity contribution in [1.29, 1.82) is 0 Å². The van der Waals surface area contributed by atoms with Crippen LogP contribution in [0.25, 0.3) is 11.4 Å². The van der Waals surface area contributed by atoms with E-state index in [4.69, 9.17) is 5.11 Å². The molecule has 0 aliphatic heterocycles. The van der Waals surface area contributed by atoms with Crippen LogP contribution in [0.1, 0.15) is 11.3 Å². The number of aromatic amines is 1. The second kappa shape index (κ2) is 6.24. The maximum atomic E-state index is 9.13. The molecule has 0 saturated carbocycles. The molecule has 4 nitrogen and oxygen atoms in total. The van der Waals surface area contributed by atoms with Crippen LogP contribution < -0.4 is 5.32 Å². The van der Waals surface area contributed by atoms with Gasteiger partial charge in [-0.25, -0.2) is 4.98 Å². The molecule has 3 aromatic rings. The summed E-state index contributed by atoms with van der Waals surface area (Å²) in [4.78, 5) is 7.70. The van der Waals surface area contributed by atoms with E-state index in [9.17, 15) is 0 Å². The van der Waals surface area contributed by atoms with Crippen LogP contribution in [0.15, 0.2) is 60.8 Å². The number of aromatic nitrogens is 2. The van der Waals surface area contributed by atoms with Gasteiger partial charge in [0.15, 0.2) is 0 Å². The highest BCUT2D eigenvalue weighted by Gasteiger charge is 2.03. The zero-order chi connectivity index (χ0) is 14.5. The Balaban J connectivity index is 1.67. The Hall–Kier alpha value is -2.59.